The van der Waals surface area contributed by atoms with E-state index in [0.29, 0.717) is 0 Å². The Morgan fingerprint density at radius 2 is 1.11 bits per heavy atom. The fraction of sp³-hybridized carbons (Fsp3) is 0.115. The molecule has 0 amide bonds. The summed E-state index contributed by atoms with van der Waals surface area (Å²) in [6.07, 6.45) is 0. The van der Waals surface area contributed by atoms with Crippen LogP contribution in [-0.4, -0.2) is 5.71 Å². The van der Waals surface area contributed by atoms with Crippen molar-refractivity contribution in [1.82, 2.24) is 0 Å². The second kappa shape index (κ2) is 7.20. The molecule has 132 valence electrons. The Balaban J connectivity index is 1.91. The average Bonchev–Trinajstić information content (AvgIpc) is 2.73. The smallest absolute Gasteiger partial charge is 0.0814 e. The molecule has 0 unspecified atom stereocenters. The second-order valence-corrected chi connectivity index (χ2v) is 7.28. The van der Waals surface area contributed by atoms with Crippen LogP contribution in [0.2, 0.25) is 0 Å². The zero-order chi connectivity index (χ0) is 18.7. The summed E-state index contributed by atoms with van der Waals surface area (Å²) in [7, 11) is 0. The lowest BCUT2D eigenvalue weighted by Gasteiger charge is -2.25. The zero-order valence-corrected chi connectivity index (χ0v) is 15.8. The fourth-order valence-electron chi connectivity index (χ4n) is 3.59. The standard InChI is InChI=1S/C26H23N/c1-26(2,24-19-11-17-20-12-9-10-18-23(20)24)27-25(21-13-5-3-6-14-21)22-15-7-4-8-16-22/h3-19H,1-2H3/i27+1. The van der Waals surface area contributed by atoms with E-state index < -0.39 is 0 Å². The van der Waals surface area contributed by atoms with Crippen LogP contribution in [0.1, 0.15) is 30.5 Å². The van der Waals surface area contributed by atoms with Gasteiger partial charge in [-0.25, -0.2) is 0 Å². The number of hydrogen-bond donors (Lipinski definition) is 0. The van der Waals surface area contributed by atoms with E-state index in [1.165, 1.54) is 16.3 Å². The van der Waals surface area contributed by atoms with Crippen molar-refractivity contribution in [3.63, 3.8) is 0 Å². The van der Waals surface area contributed by atoms with Crippen molar-refractivity contribution >= 4 is 16.5 Å². The highest BCUT2D eigenvalue weighted by Gasteiger charge is 2.23. The molecule has 1 heteroatoms. The van der Waals surface area contributed by atoms with Crippen LogP contribution in [0.5, 0.6) is 0 Å². The zero-order valence-electron chi connectivity index (χ0n) is 15.8. The third kappa shape index (κ3) is 3.54. The first-order valence-corrected chi connectivity index (χ1v) is 9.34. The number of hydrogen-bond acceptors (Lipinski definition) is 1. The molecule has 27 heavy (non-hydrogen) atoms. The van der Waals surface area contributed by atoms with Gasteiger partial charge < -0.3 is 0 Å². The van der Waals surface area contributed by atoms with Crippen LogP contribution in [0.15, 0.2) is 108 Å². The van der Waals surface area contributed by atoms with Crippen molar-refractivity contribution in [2.24, 2.45) is 4.99 Å². The molecule has 4 rings (SSSR count). The van der Waals surface area contributed by atoms with E-state index in [1.54, 1.807) is 0 Å². The maximum absolute atomic E-state index is 5.29. The van der Waals surface area contributed by atoms with Crippen molar-refractivity contribution in [1.29, 1.82) is 0 Å². The van der Waals surface area contributed by atoms with Crippen molar-refractivity contribution in [3.05, 3.63) is 120 Å². The molecule has 0 bridgehead atoms. The minimum Gasteiger partial charge on any atom is -0.273 e. The highest BCUT2D eigenvalue weighted by Crippen LogP contribution is 2.32. The maximum atomic E-state index is 5.29. The molecule has 0 N–H and O–H groups in total. The molecule has 0 aliphatic heterocycles. The van der Waals surface area contributed by atoms with Crippen LogP contribution in [-0.2, 0) is 5.54 Å². The fourth-order valence-corrected chi connectivity index (χ4v) is 3.59. The lowest BCUT2D eigenvalue weighted by Crippen LogP contribution is -2.19. The van der Waals surface area contributed by atoms with Crippen LogP contribution in [0.3, 0.4) is 0 Å². The third-order valence-corrected chi connectivity index (χ3v) is 4.93. The van der Waals surface area contributed by atoms with Gasteiger partial charge in [-0.15, -0.1) is 0 Å². The monoisotopic (exact) mass is 350 g/mol. The first-order chi connectivity index (χ1) is 13.1. The molecule has 0 radical (unpaired) electrons. The van der Waals surface area contributed by atoms with Crippen molar-refractivity contribution in [3.8, 4) is 0 Å². The summed E-state index contributed by atoms with van der Waals surface area (Å²) in [5.74, 6) is 0. The molecule has 1 nitrogen and oxygen atoms in total. The van der Waals surface area contributed by atoms with Crippen LogP contribution >= 0.6 is 0 Å². The van der Waals surface area contributed by atoms with Gasteiger partial charge in [-0.05, 0) is 30.2 Å². The highest BCUT2D eigenvalue weighted by atomic mass is 15.6. The third-order valence-electron chi connectivity index (χ3n) is 4.93. The van der Waals surface area contributed by atoms with Gasteiger partial charge in [0.25, 0.3) is 0 Å². The van der Waals surface area contributed by atoms with Crippen LogP contribution < -0.4 is 0 Å². The molecule has 0 saturated heterocycles. The Labute approximate surface area is 161 Å². The van der Waals surface area contributed by atoms with Crippen LogP contribution in [0.25, 0.3) is 10.8 Å². The first kappa shape index (κ1) is 17.2. The molecule has 0 aromatic heterocycles. The molecule has 0 fully saturated rings. The number of fused-ring (bicyclic) bond motifs is 1. The predicted molar refractivity (Wildman–Crippen MR) is 115 cm³/mol. The second-order valence-electron chi connectivity index (χ2n) is 7.28. The molecule has 4 aromatic carbocycles. The summed E-state index contributed by atoms with van der Waals surface area (Å²) < 4.78 is 0. The summed E-state index contributed by atoms with van der Waals surface area (Å²) in [6, 6.07) is 35.9. The van der Waals surface area contributed by atoms with Gasteiger partial charge in [0.1, 0.15) is 0 Å². The lowest BCUT2D eigenvalue weighted by atomic mass is 9.91. The van der Waals surface area contributed by atoms with Crippen LogP contribution in [0.4, 0.5) is 0 Å². The molecule has 4 aromatic rings. The average molecular weight is 350 g/mol. The topological polar surface area (TPSA) is 12.4 Å². The largest absolute Gasteiger partial charge is 0.273 e. The van der Waals surface area contributed by atoms with E-state index >= 15 is 0 Å². The summed E-state index contributed by atoms with van der Waals surface area (Å²) in [4.78, 5) is 5.29. The minimum absolute atomic E-state index is 0.359. The van der Waals surface area contributed by atoms with E-state index in [4.69, 9.17) is 4.99 Å². The molecular weight excluding hydrogens is 327 g/mol. The summed E-state index contributed by atoms with van der Waals surface area (Å²) >= 11 is 0. The van der Waals surface area contributed by atoms with Gasteiger partial charge in [-0.2, -0.15) is 0 Å². The Kier molecular flexibility index (Phi) is 4.60. The van der Waals surface area contributed by atoms with E-state index in [0.717, 1.165) is 16.8 Å². The normalized spacial score (nSPS) is 11.3. The Morgan fingerprint density at radius 3 is 1.74 bits per heavy atom. The summed E-state index contributed by atoms with van der Waals surface area (Å²) in [6.45, 7) is 4.39. The number of rotatable bonds is 4. The van der Waals surface area contributed by atoms with E-state index in [2.05, 4.69) is 105 Å². The molecular formula is C26H23N. The SMILES string of the molecule is CC(C)([15N]=C(c1ccccc1)c1ccccc1)c1cccc2ccccc12. The van der Waals surface area contributed by atoms with Gasteiger partial charge in [0.2, 0.25) is 0 Å². The Morgan fingerprint density at radius 1 is 0.593 bits per heavy atom. The Hall–Kier alpha value is -3.19. The lowest BCUT2D eigenvalue weighted by molar-refractivity contribution is 0.564. The summed E-state index contributed by atoms with van der Waals surface area (Å²) in [5, 5.41) is 2.51. The summed E-state index contributed by atoms with van der Waals surface area (Å²) in [5.41, 5.74) is 4.18. The van der Waals surface area contributed by atoms with Gasteiger partial charge in [-0.1, -0.05) is 103 Å². The predicted octanol–water partition coefficient (Wildman–Crippen LogP) is 6.61. The number of benzene rings is 4. The maximum Gasteiger partial charge on any atom is 0.0814 e. The first-order valence-electron chi connectivity index (χ1n) is 9.34. The van der Waals surface area contributed by atoms with Gasteiger partial charge >= 0.3 is 0 Å². The molecule has 0 atom stereocenters. The van der Waals surface area contributed by atoms with Gasteiger partial charge in [-0.3, -0.25) is 4.99 Å². The quantitative estimate of drug-likeness (QED) is 0.290. The highest BCUT2D eigenvalue weighted by molar-refractivity contribution is 6.13. The molecule has 0 aliphatic carbocycles. The van der Waals surface area contributed by atoms with Gasteiger partial charge in [0.15, 0.2) is 0 Å². The number of aliphatic imine (C=N–C) groups is 1. The molecule has 0 spiro atoms. The Bertz CT molecular complexity index is 1030. The van der Waals surface area contributed by atoms with Crippen LogP contribution in [0, 0.1) is 0 Å². The van der Waals surface area contributed by atoms with E-state index in [1.807, 2.05) is 12.1 Å². The van der Waals surface area contributed by atoms with Gasteiger partial charge in [0, 0.05) is 11.1 Å². The number of nitrogens with zero attached hydrogens (tertiary/aromatic N) is 1. The van der Waals surface area contributed by atoms with Crippen molar-refractivity contribution in [2.45, 2.75) is 19.4 Å². The minimum atomic E-state index is -0.359. The van der Waals surface area contributed by atoms with E-state index in [9.17, 15) is 0 Å². The molecule has 0 heterocycles. The van der Waals surface area contributed by atoms with E-state index in [-0.39, 0.29) is 5.54 Å². The van der Waals surface area contributed by atoms with Gasteiger partial charge in [0.05, 0.1) is 11.3 Å². The molecule has 0 saturated carbocycles. The molecule has 0 aliphatic rings. The van der Waals surface area contributed by atoms with Crippen molar-refractivity contribution < 1.29 is 0 Å². The van der Waals surface area contributed by atoms with Crippen molar-refractivity contribution in [2.75, 3.05) is 0 Å².